The lowest BCUT2D eigenvalue weighted by Gasteiger charge is -2.08. The number of hydrogen-bond acceptors (Lipinski definition) is 5. The first kappa shape index (κ1) is 14.5. The maximum atomic E-state index is 6.29. The van der Waals surface area contributed by atoms with Crippen LogP contribution < -0.4 is 5.73 Å². The summed E-state index contributed by atoms with van der Waals surface area (Å²) in [6.07, 6.45) is 0. The van der Waals surface area contributed by atoms with Crippen LogP contribution in [0.5, 0.6) is 0 Å². The Labute approximate surface area is 142 Å². The van der Waals surface area contributed by atoms with E-state index >= 15 is 0 Å². The predicted octanol–water partition coefficient (Wildman–Crippen LogP) is 5.21. The van der Waals surface area contributed by atoms with Gasteiger partial charge in [-0.05, 0) is 42.2 Å². The average Bonchev–Trinajstić information content (AvgIpc) is 3.03. The molecule has 0 saturated carbocycles. The van der Waals surface area contributed by atoms with Gasteiger partial charge in [0.15, 0.2) is 0 Å². The number of nitrogen functional groups attached to an aromatic ring is 1. The molecule has 0 spiro atoms. The minimum atomic E-state index is 0.766. The van der Waals surface area contributed by atoms with Gasteiger partial charge in [-0.3, -0.25) is 0 Å². The average molecular weight is 337 g/mol. The van der Waals surface area contributed by atoms with Crippen molar-refractivity contribution in [3.05, 3.63) is 48.0 Å². The van der Waals surface area contributed by atoms with Crippen LogP contribution in [0.2, 0.25) is 0 Å². The van der Waals surface area contributed by atoms with Crippen molar-refractivity contribution in [1.82, 2.24) is 9.97 Å². The number of anilines is 1. The largest absolute Gasteiger partial charge is 0.398 e. The highest BCUT2D eigenvalue weighted by atomic mass is 32.2. The normalized spacial score (nSPS) is 11.3. The van der Waals surface area contributed by atoms with E-state index in [4.69, 9.17) is 10.7 Å². The lowest BCUT2D eigenvalue weighted by Crippen LogP contribution is -1.93. The maximum absolute atomic E-state index is 6.29. The van der Waals surface area contributed by atoms with Crippen molar-refractivity contribution in [3.63, 3.8) is 0 Å². The van der Waals surface area contributed by atoms with Crippen molar-refractivity contribution in [3.8, 4) is 11.3 Å². The van der Waals surface area contributed by atoms with Crippen LogP contribution in [0.3, 0.4) is 0 Å². The summed E-state index contributed by atoms with van der Waals surface area (Å²) in [4.78, 5) is 10.4. The smallest absolute Gasteiger partial charge is 0.0818 e. The standard InChI is InChI=1S/C18H15N3S2/c1-2-22-12-4-5-15-13(8-12)14(19)9-16(21-15)11-3-6-18-17(7-11)20-10-23-18/h3-10H,2H2,1H3,(H2,19,21). The van der Waals surface area contributed by atoms with Crippen LogP contribution in [-0.4, -0.2) is 15.7 Å². The molecule has 2 aromatic heterocycles. The van der Waals surface area contributed by atoms with Crippen molar-refractivity contribution in [2.75, 3.05) is 11.5 Å². The monoisotopic (exact) mass is 337 g/mol. The summed E-state index contributed by atoms with van der Waals surface area (Å²) in [5, 5.41) is 1.02. The van der Waals surface area contributed by atoms with Crippen LogP contribution >= 0.6 is 23.1 Å². The molecule has 0 aliphatic heterocycles. The molecule has 0 radical (unpaired) electrons. The van der Waals surface area contributed by atoms with Gasteiger partial charge < -0.3 is 5.73 Å². The van der Waals surface area contributed by atoms with Gasteiger partial charge in [0.05, 0.1) is 26.9 Å². The fraction of sp³-hybridized carbons (Fsp3) is 0.111. The Morgan fingerprint density at radius 2 is 2.00 bits per heavy atom. The first-order chi connectivity index (χ1) is 11.2. The number of rotatable bonds is 3. The molecule has 0 aliphatic carbocycles. The first-order valence-electron chi connectivity index (χ1n) is 7.41. The number of nitrogens with two attached hydrogens (primary N) is 1. The maximum Gasteiger partial charge on any atom is 0.0818 e. The second-order valence-electron chi connectivity index (χ2n) is 5.24. The molecule has 0 amide bonds. The molecule has 4 aromatic rings. The third kappa shape index (κ3) is 2.66. The molecule has 2 N–H and O–H groups in total. The summed E-state index contributed by atoms with van der Waals surface area (Å²) >= 11 is 3.46. The Bertz CT molecular complexity index is 1010. The first-order valence-corrected chi connectivity index (χ1v) is 9.28. The Balaban J connectivity index is 1.85. The molecular formula is C18H15N3S2. The van der Waals surface area contributed by atoms with Crippen LogP contribution in [-0.2, 0) is 0 Å². The zero-order valence-corrected chi connectivity index (χ0v) is 14.2. The summed E-state index contributed by atoms with van der Waals surface area (Å²) in [6, 6.07) is 14.5. The van der Waals surface area contributed by atoms with Gasteiger partial charge in [0.1, 0.15) is 0 Å². The summed E-state index contributed by atoms with van der Waals surface area (Å²) in [5.74, 6) is 1.05. The predicted molar refractivity (Wildman–Crippen MR) is 101 cm³/mol. The number of hydrogen-bond donors (Lipinski definition) is 1. The number of thioether (sulfide) groups is 1. The second-order valence-corrected chi connectivity index (χ2v) is 7.47. The number of benzene rings is 2. The molecule has 23 heavy (non-hydrogen) atoms. The molecule has 4 rings (SSSR count). The van der Waals surface area contributed by atoms with Crippen molar-refractivity contribution < 1.29 is 0 Å². The van der Waals surface area contributed by atoms with E-state index in [9.17, 15) is 0 Å². The molecule has 0 unspecified atom stereocenters. The van der Waals surface area contributed by atoms with E-state index in [0.717, 1.165) is 39.1 Å². The van der Waals surface area contributed by atoms with Gasteiger partial charge in [0, 0.05) is 21.5 Å². The van der Waals surface area contributed by atoms with Gasteiger partial charge >= 0.3 is 0 Å². The molecule has 0 aliphatic rings. The summed E-state index contributed by atoms with van der Waals surface area (Å²) in [5.41, 5.74) is 12.8. The van der Waals surface area contributed by atoms with Crippen molar-refractivity contribution in [2.45, 2.75) is 11.8 Å². The minimum Gasteiger partial charge on any atom is -0.398 e. The third-order valence-corrected chi connectivity index (χ3v) is 5.44. The lowest BCUT2D eigenvalue weighted by molar-refractivity contribution is 1.37. The highest BCUT2D eigenvalue weighted by Gasteiger charge is 2.08. The molecular weight excluding hydrogens is 322 g/mol. The van der Waals surface area contributed by atoms with Crippen LogP contribution in [0.4, 0.5) is 5.69 Å². The molecule has 114 valence electrons. The van der Waals surface area contributed by atoms with E-state index in [1.54, 1.807) is 11.3 Å². The molecule has 2 aromatic carbocycles. The topological polar surface area (TPSA) is 51.8 Å². The van der Waals surface area contributed by atoms with E-state index in [0.29, 0.717) is 0 Å². The Morgan fingerprint density at radius 3 is 2.87 bits per heavy atom. The highest BCUT2D eigenvalue weighted by Crippen LogP contribution is 2.31. The quantitative estimate of drug-likeness (QED) is 0.522. The SMILES string of the molecule is CCSc1ccc2nc(-c3ccc4scnc4c3)cc(N)c2c1. The third-order valence-electron chi connectivity index (χ3n) is 3.75. The van der Waals surface area contributed by atoms with Crippen LogP contribution in [0, 0.1) is 0 Å². The molecule has 0 bridgehead atoms. The molecule has 0 saturated heterocycles. The highest BCUT2D eigenvalue weighted by molar-refractivity contribution is 7.99. The fourth-order valence-corrected chi connectivity index (χ4v) is 4.01. The van der Waals surface area contributed by atoms with Crippen molar-refractivity contribution in [1.29, 1.82) is 0 Å². The number of nitrogens with zero attached hydrogens (tertiary/aromatic N) is 2. The number of pyridine rings is 1. The number of aromatic nitrogens is 2. The zero-order valence-electron chi connectivity index (χ0n) is 12.6. The van der Waals surface area contributed by atoms with E-state index < -0.39 is 0 Å². The van der Waals surface area contributed by atoms with Gasteiger partial charge in [-0.2, -0.15) is 0 Å². The molecule has 0 fully saturated rings. The second kappa shape index (κ2) is 5.83. The summed E-state index contributed by atoms with van der Waals surface area (Å²) in [6.45, 7) is 2.15. The molecule has 5 heteroatoms. The van der Waals surface area contributed by atoms with Gasteiger partial charge in [0.25, 0.3) is 0 Å². The summed E-state index contributed by atoms with van der Waals surface area (Å²) in [7, 11) is 0. The Kier molecular flexibility index (Phi) is 3.67. The van der Waals surface area contributed by atoms with Crippen molar-refractivity contribution >= 4 is 49.9 Å². The van der Waals surface area contributed by atoms with Gasteiger partial charge in [0.2, 0.25) is 0 Å². The van der Waals surface area contributed by atoms with Crippen LogP contribution in [0.15, 0.2) is 52.9 Å². The summed E-state index contributed by atoms with van der Waals surface area (Å²) < 4.78 is 1.18. The number of fused-ring (bicyclic) bond motifs is 2. The number of thiazole rings is 1. The van der Waals surface area contributed by atoms with Crippen LogP contribution in [0.25, 0.3) is 32.4 Å². The van der Waals surface area contributed by atoms with Crippen molar-refractivity contribution in [2.24, 2.45) is 0 Å². The van der Waals surface area contributed by atoms with E-state index in [2.05, 4.69) is 48.3 Å². The minimum absolute atomic E-state index is 0.766. The van der Waals surface area contributed by atoms with E-state index in [-0.39, 0.29) is 0 Å². The van der Waals surface area contributed by atoms with E-state index in [1.807, 2.05) is 23.3 Å². The molecule has 3 nitrogen and oxygen atoms in total. The van der Waals surface area contributed by atoms with Gasteiger partial charge in [-0.25, -0.2) is 9.97 Å². The van der Waals surface area contributed by atoms with Gasteiger partial charge in [-0.15, -0.1) is 23.1 Å². The molecule has 0 atom stereocenters. The molecule has 2 heterocycles. The van der Waals surface area contributed by atoms with Crippen LogP contribution in [0.1, 0.15) is 6.92 Å². The Morgan fingerprint density at radius 1 is 1.09 bits per heavy atom. The van der Waals surface area contributed by atoms with E-state index in [1.165, 1.54) is 9.60 Å². The Hall–Kier alpha value is -2.11. The van der Waals surface area contributed by atoms with Gasteiger partial charge in [-0.1, -0.05) is 13.0 Å². The fourth-order valence-electron chi connectivity index (χ4n) is 2.65. The zero-order chi connectivity index (χ0) is 15.8. The lowest BCUT2D eigenvalue weighted by atomic mass is 10.1.